The first-order chi connectivity index (χ1) is 15.5. The number of amides is 2. The first-order valence-electron chi connectivity index (χ1n) is 10.4. The average molecular weight is 440 g/mol. The van der Waals surface area contributed by atoms with Crippen molar-refractivity contribution in [3.05, 3.63) is 60.2 Å². The Morgan fingerprint density at radius 1 is 1.06 bits per heavy atom. The molecule has 1 aromatic heterocycles. The molecule has 1 saturated carbocycles. The monoisotopic (exact) mass is 440 g/mol. The van der Waals surface area contributed by atoms with Crippen molar-refractivity contribution in [3.63, 3.8) is 0 Å². The molecule has 0 spiro atoms. The second-order valence-electron chi connectivity index (χ2n) is 7.63. The molecule has 3 aromatic rings. The smallest absolute Gasteiger partial charge is 0.251 e. The van der Waals surface area contributed by atoms with E-state index >= 15 is 0 Å². The largest absolute Gasteiger partial charge is 0.352 e. The minimum atomic E-state index is -0.618. The van der Waals surface area contributed by atoms with Crippen molar-refractivity contribution in [2.75, 3.05) is 11.4 Å². The lowest BCUT2D eigenvalue weighted by molar-refractivity contribution is -0.124. The Morgan fingerprint density at radius 2 is 1.78 bits per heavy atom. The number of hydrogen-bond donors (Lipinski definition) is 1. The summed E-state index contributed by atoms with van der Waals surface area (Å²) in [6, 6.07) is 11.4. The third kappa shape index (κ3) is 5.13. The maximum absolute atomic E-state index is 14.4. The van der Waals surface area contributed by atoms with Crippen molar-refractivity contribution in [1.29, 1.82) is 0 Å². The van der Waals surface area contributed by atoms with E-state index in [-0.39, 0.29) is 36.6 Å². The number of anilines is 1. The summed E-state index contributed by atoms with van der Waals surface area (Å²) in [6.07, 6.45) is 3.90. The molecular formula is C22H22F2N6O2. The molecule has 32 heavy (non-hydrogen) atoms. The number of halogens is 2. The van der Waals surface area contributed by atoms with E-state index in [1.54, 1.807) is 6.07 Å². The standard InChI is InChI=1S/C22H22F2N6O2/c23-16-11-9-15(10-12-16)22-26-28-30(27-22)14-21(32)29(19-8-4-3-7-18(19)24)13-20(31)25-17-5-1-2-6-17/h3-4,7-12,17H,1-2,5-6,13-14H2,(H,25,31). The summed E-state index contributed by atoms with van der Waals surface area (Å²) in [7, 11) is 0. The highest BCUT2D eigenvalue weighted by molar-refractivity contribution is 5.98. The van der Waals surface area contributed by atoms with Crippen LogP contribution in [-0.4, -0.2) is 44.6 Å². The number of carbonyl (C=O) groups is 2. The second-order valence-corrected chi connectivity index (χ2v) is 7.63. The van der Waals surface area contributed by atoms with Crippen LogP contribution in [0.1, 0.15) is 25.7 Å². The van der Waals surface area contributed by atoms with Gasteiger partial charge in [-0.3, -0.25) is 14.5 Å². The van der Waals surface area contributed by atoms with Crippen LogP contribution in [0.2, 0.25) is 0 Å². The van der Waals surface area contributed by atoms with Crippen LogP contribution in [0.3, 0.4) is 0 Å². The minimum Gasteiger partial charge on any atom is -0.352 e. The van der Waals surface area contributed by atoms with Crippen LogP contribution < -0.4 is 10.2 Å². The van der Waals surface area contributed by atoms with Crippen molar-refractivity contribution in [3.8, 4) is 11.4 Å². The summed E-state index contributed by atoms with van der Waals surface area (Å²) < 4.78 is 27.6. The van der Waals surface area contributed by atoms with Gasteiger partial charge in [0.2, 0.25) is 11.7 Å². The summed E-state index contributed by atoms with van der Waals surface area (Å²) in [4.78, 5) is 27.7. The zero-order chi connectivity index (χ0) is 22.5. The Hall–Kier alpha value is -3.69. The lowest BCUT2D eigenvalue weighted by atomic mass is 10.2. The first-order valence-corrected chi connectivity index (χ1v) is 10.4. The van der Waals surface area contributed by atoms with Gasteiger partial charge in [0.15, 0.2) is 0 Å². The number of aromatic nitrogens is 4. The molecule has 0 saturated heterocycles. The quantitative estimate of drug-likeness (QED) is 0.610. The molecule has 0 aliphatic heterocycles. The normalized spacial score (nSPS) is 13.8. The molecule has 1 aliphatic rings. The number of nitrogens with zero attached hydrogens (tertiary/aromatic N) is 5. The van der Waals surface area contributed by atoms with Crippen LogP contribution in [0.4, 0.5) is 14.5 Å². The predicted molar refractivity (Wildman–Crippen MR) is 112 cm³/mol. The van der Waals surface area contributed by atoms with Crippen LogP contribution in [0.25, 0.3) is 11.4 Å². The van der Waals surface area contributed by atoms with Crippen molar-refractivity contribution < 1.29 is 18.4 Å². The Labute approximate surface area is 183 Å². The third-order valence-corrected chi connectivity index (χ3v) is 5.30. The number of tetrazole rings is 1. The summed E-state index contributed by atoms with van der Waals surface area (Å²) in [5.74, 6) is -1.72. The molecular weight excluding hydrogens is 418 g/mol. The summed E-state index contributed by atoms with van der Waals surface area (Å²) in [5.41, 5.74) is 0.532. The molecule has 1 heterocycles. The van der Waals surface area contributed by atoms with Crippen LogP contribution in [0.5, 0.6) is 0 Å². The molecule has 8 nitrogen and oxygen atoms in total. The van der Waals surface area contributed by atoms with Gasteiger partial charge in [0, 0.05) is 11.6 Å². The minimum absolute atomic E-state index is 0.00190. The fraction of sp³-hybridized carbons (Fsp3) is 0.318. The van der Waals surface area contributed by atoms with Gasteiger partial charge in [0.25, 0.3) is 5.91 Å². The van der Waals surface area contributed by atoms with E-state index in [0.29, 0.717) is 5.56 Å². The number of carbonyl (C=O) groups excluding carboxylic acids is 2. The molecule has 1 fully saturated rings. The third-order valence-electron chi connectivity index (χ3n) is 5.30. The number of hydrogen-bond acceptors (Lipinski definition) is 5. The number of benzene rings is 2. The molecule has 0 radical (unpaired) electrons. The zero-order valence-electron chi connectivity index (χ0n) is 17.2. The van der Waals surface area contributed by atoms with Gasteiger partial charge in [-0.05, 0) is 54.5 Å². The van der Waals surface area contributed by atoms with E-state index < -0.39 is 17.5 Å². The van der Waals surface area contributed by atoms with E-state index in [2.05, 4.69) is 20.7 Å². The molecule has 10 heteroatoms. The highest BCUT2D eigenvalue weighted by atomic mass is 19.1. The molecule has 0 unspecified atom stereocenters. The molecule has 0 bridgehead atoms. The number of para-hydroxylation sites is 1. The van der Waals surface area contributed by atoms with Crippen LogP contribution >= 0.6 is 0 Å². The van der Waals surface area contributed by atoms with Gasteiger partial charge in [-0.15, -0.1) is 10.2 Å². The fourth-order valence-corrected chi connectivity index (χ4v) is 3.70. The molecule has 1 aliphatic carbocycles. The Bertz CT molecular complexity index is 1100. The summed E-state index contributed by atoms with van der Waals surface area (Å²) in [5, 5.41) is 14.8. The molecule has 1 N–H and O–H groups in total. The molecule has 4 rings (SSSR count). The van der Waals surface area contributed by atoms with Gasteiger partial charge in [0.05, 0.1) is 5.69 Å². The van der Waals surface area contributed by atoms with Crippen molar-refractivity contribution >= 4 is 17.5 Å². The van der Waals surface area contributed by atoms with Crippen molar-refractivity contribution in [1.82, 2.24) is 25.5 Å². The first kappa shape index (κ1) is 21.5. The predicted octanol–water partition coefficient (Wildman–Crippen LogP) is 2.71. The molecule has 0 atom stereocenters. The van der Waals surface area contributed by atoms with E-state index in [0.717, 1.165) is 35.4 Å². The molecule has 2 amide bonds. The average Bonchev–Trinajstić information content (AvgIpc) is 3.45. The maximum atomic E-state index is 14.4. The highest BCUT2D eigenvalue weighted by Gasteiger charge is 2.25. The summed E-state index contributed by atoms with van der Waals surface area (Å²) in [6.45, 7) is -0.672. The zero-order valence-corrected chi connectivity index (χ0v) is 17.2. The van der Waals surface area contributed by atoms with Crippen LogP contribution in [-0.2, 0) is 16.1 Å². The van der Waals surface area contributed by atoms with E-state index in [9.17, 15) is 18.4 Å². The van der Waals surface area contributed by atoms with E-state index in [1.807, 2.05) is 0 Å². The topological polar surface area (TPSA) is 93.0 Å². The SMILES string of the molecule is O=C(CN(C(=O)Cn1nnc(-c2ccc(F)cc2)n1)c1ccccc1F)NC1CCCC1. The lowest BCUT2D eigenvalue weighted by Gasteiger charge is -2.23. The highest BCUT2D eigenvalue weighted by Crippen LogP contribution is 2.21. The van der Waals surface area contributed by atoms with E-state index in [1.165, 1.54) is 42.5 Å². The Morgan fingerprint density at radius 3 is 2.50 bits per heavy atom. The van der Waals surface area contributed by atoms with Crippen molar-refractivity contribution in [2.24, 2.45) is 0 Å². The van der Waals surface area contributed by atoms with Gasteiger partial charge in [-0.2, -0.15) is 4.80 Å². The van der Waals surface area contributed by atoms with Crippen LogP contribution in [0, 0.1) is 11.6 Å². The Balaban J connectivity index is 1.50. The number of nitrogens with one attached hydrogen (secondary N) is 1. The maximum Gasteiger partial charge on any atom is 0.251 e. The molecule has 166 valence electrons. The molecule has 2 aromatic carbocycles. The second kappa shape index (κ2) is 9.63. The van der Waals surface area contributed by atoms with Gasteiger partial charge >= 0.3 is 0 Å². The van der Waals surface area contributed by atoms with Crippen LogP contribution in [0.15, 0.2) is 48.5 Å². The van der Waals surface area contributed by atoms with Gasteiger partial charge in [-0.1, -0.05) is 25.0 Å². The van der Waals surface area contributed by atoms with Gasteiger partial charge in [0.1, 0.15) is 24.7 Å². The fourth-order valence-electron chi connectivity index (χ4n) is 3.70. The van der Waals surface area contributed by atoms with Gasteiger partial charge in [-0.25, -0.2) is 8.78 Å². The number of rotatable bonds is 7. The van der Waals surface area contributed by atoms with Crippen molar-refractivity contribution in [2.45, 2.75) is 38.3 Å². The summed E-state index contributed by atoms with van der Waals surface area (Å²) >= 11 is 0. The van der Waals surface area contributed by atoms with E-state index in [4.69, 9.17) is 0 Å². The Kier molecular flexibility index (Phi) is 6.48. The lowest BCUT2D eigenvalue weighted by Crippen LogP contribution is -2.45. The van der Waals surface area contributed by atoms with Gasteiger partial charge < -0.3 is 5.32 Å².